The third-order valence-corrected chi connectivity index (χ3v) is 2.35. The number of hydrogen-bond donors (Lipinski definition) is 1. The predicted molar refractivity (Wildman–Crippen MR) is 62.0 cm³/mol. The van der Waals surface area contributed by atoms with Gasteiger partial charge in [-0.15, -0.1) is 0 Å². The summed E-state index contributed by atoms with van der Waals surface area (Å²) in [5.74, 6) is -0.371. The molecule has 16 heavy (non-hydrogen) atoms. The molecule has 1 atom stereocenters. The molecule has 0 rings (SSSR count). The van der Waals surface area contributed by atoms with E-state index in [4.69, 9.17) is 0 Å². The van der Waals surface area contributed by atoms with Crippen molar-refractivity contribution >= 4 is 11.9 Å². The Labute approximate surface area is 97.1 Å². The summed E-state index contributed by atoms with van der Waals surface area (Å²) in [6.45, 7) is 7.13. The van der Waals surface area contributed by atoms with Crippen LogP contribution < -0.4 is 5.32 Å². The van der Waals surface area contributed by atoms with Gasteiger partial charge in [-0.25, -0.2) is 0 Å². The highest BCUT2D eigenvalue weighted by Crippen LogP contribution is 2.01. The normalized spacial score (nSPS) is 12.3. The zero-order valence-corrected chi connectivity index (χ0v) is 10.6. The number of methoxy groups -OCH3 is 1. The van der Waals surface area contributed by atoms with E-state index in [1.165, 1.54) is 7.11 Å². The van der Waals surface area contributed by atoms with E-state index in [-0.39, 0.29) is 24.5 Å². The lowest BCUT2D eigenvalue weighted by Crippen LogP contribution is -2.47. The molecule has 94 valence electrons. The van der Waals surface area contributed by atoms with Gasteiger partial charge in [-0.3, -0.25) is 14.5 Å². The molecule has 0 aromatic carbocycles. The average molecular weight is 230 g/mol. The van der Waals surface area contributed by atoms with Crippen molar-refractivity contribution in [3.63, 3.8) is 0 Å². The van der Waals surface area contributed by atoms with Gasteiger partial charge in [-0.05, 0) is 26.8 Å². The summed E-state index contributed by atoms with van der Waals surface area (Å²) in [6, 6.07) is -0.306. The van der Waals surface area contributed by atoms with E-state index in [1.54, 1.807) is 6.92 Å². The van der Waals surface area contributed by atoms with Crippen LogP contribution >= 0.6 is 0 Å². The summed E-state index contributed by atoms with van der Waals surface area (Å²) in [7, 11) is 1.35. The van der Waals surface area contributed by atoms with Gasteiger partial charge >= 0.3 is 5.97 Å². The zero-order chi connectivity index (χ0) is 12.6. The molecule has 0 saturated heterocycles. The lowest BCUT2D eigenvalue weighted by atomic mass is 10.2. The first-order chi connectivity index (χ1) is 7.56. The van der Waals surface area contributed by atoms with Crippen LogP contribution in [0.1, 0.15) is 27.2 Å². The molecule has 0 aromatic rings. The second-order valence-electron chi connectivity index (χ2n) is 3.62. The van der Waals surface area contributed by atoms with E-state index in [1.807, 2.05) is 18.7 Å². The molecule has 1 amide bonds. The van der Waals surface area contributed by atoms with E-state index >= 15 is 0 Å². The highest BCUT2D eigenvalue weighted by Gasteiger charge is 2.22. The van der Waals surface area contributed by atoms with Crippen LogP contribution in [0.4, 0.5) is 0 Å². The Morgan fingerprint density at radius 2 is 2.00 bits per heavy atom. The van der Waals surface area contributed by atoms with Gasteiger partial charge in [0.15, 0.2) is 0 Å². The van der Waals surface area contributed by atoms with Gasteiger partial charge in [0.1, 0.15) is 0 Å². The molecular formula is C11H22N2O3. The number of carbonyl (C=O) groups is 2. The Morgan fingerprint density at radius 1 is 1.38 bits per heavy atom. The van der Waals surface area contributed by atoms with Crippen molar-refractivity contribution in [2.45, 2.75) is 33.2 Å². The third-order valence-electron chi connectivity index (χ3n) is 2.35. The topological polar surface area (TPSA) is 58.6 Å². The minimum atomic E-state index is -0.315. The van der Waals surface area contributed by atoms with Crippen LogP contribution in [-0.4, -0.2) is 49.6 Å². The number of amides is 1. The van der Waals surface area contributed by atoms with Crippen molar-refractivity contribution in [3.05, 3.63) is 0 Å². The summed E-state index contributed by atoms with van der Waals surface area (Å²) in [5, 5.41) is 2.74. The fraction of sp³-hybridized carbons (Fsp3) is 0.818. The molecule has 1 N–H and O–H groups in total. The Hall–Kier alpha value is -1.10. The van der Waals surface area contributed by atoms with E-state index in [9.17, 15) is 9.59 Å². The number of nitrogens with one attached hydrogen (secondary N) is 1. The van der Waals surface area contributed by atoms with Crippen LogP contribution in [0.25, 0.3) is 0 Å². The number of ether oxygens (including phenoxy) is 1. The zero-order valence-electron chi connectivity index (χ0n) is 10.6. The third kappa shape index (κ3) is 5.11. The van der Waals surface area contributed by atoms with E-state index in [0.29, 0.717) is 13.1 Å². The molecule has 5 heteroatoms. The Bertz CT molecular complexity index is 231. The highest BCUT2D eigenvalue weighted by atomic mass is 16.5. The van der Waals surface area contributed by atoms with Crippen LogP contribution in [0.3, 0.4) is 0 Å². The van der Waals surface area contributed by atoms with Gasteiger partial charge in [0.05, 0.1) is 19.7 Å². The van der Waals surface area contributed by atoms with E-state index < -0.39 is 0 Å². The van der Waals surface area contributed by atoms with Gasteiger partial charge in [0.2, 0.25) is 5.91 Å². The van der Waals surface area contributed by atoms with Gasteiger partial charge < -0.3 is 10.1 Å². The molecule has 5 nitrogen and oxygen atoms in total. The second-order valence-corrected chi connectivity index (χ2v) is 3.62. The minimum Gasteiger partial charge on any atom is -0.468 e. The maximum absolute atomic E-state index is 11.6. The van der Waals surface area contributed by atoms with Gasteiger partial charge in [-0.2, -0.15) is 0 Å². The molecule has 0 spiro atoms. The quantitative estimate of drug-likeness (QED) is 0.643. The molecule has 0 heterocycles. The number of carbonyl (C=O) groups excluding carboxylic acids is 2. The Balaban J connectivity index is 4.38. The van der Waals surface area contributed by atoms with Crippen LogP contribution in [0.5, 0.6) is 0 Å². The molecule has 0 aliphatic carbocycles. The minimum absolute atomic E-state index is 0.0557. The standard InChI is InChI=1S/C11H22N2O3/c1-5-7-13(8-10(14)16-4)9(3)11(15)12-6-2/h9H,5-8H2,1-4H3,(H,12,15). The molecular weight excluding hydrogens is 208 g/mol. The molecule has 0 aliphatic heterocycles. The van der Waals surface area contributed by atoms with Crippen LogP contribution in [0.2, 0.25) is 0 Å². The predicted octanol–water partition coefficient (Wildman–Crippen LogP) is 0.396. The Morgan fingerprint density at radius 3 is 2.44 bits per heavy atom. The second kappa shape index (κ2) is 8.10. The summed E-state index contributed by atoms with van der Waals surface area (Å²) >= 11 is 0. The molecule has 0 aliphatic rings. The first kappa shape index (κ1) is 14.9. The van der Waals surface area contributed by atoms with E-state index in [2.05, 4.69) is 10.1 Å². The summed E-state index contributed by atoms with van der Waals surface area (Å²) in [6.07, 6.45) is 0.890. The number of hydrogen-bond acceptors (Lipinski definition) is 4. The molecule has 0 saturated carbocycles. The monoisotopic (exact) mass is 230 g/mol. The van der Waals surface area contributed by atoms with Crippen molar-refractivity contribution in [3.8, 4) is 0 Å². The van der Waals surface area contributed by atoms with Crippen molar-refractivity contribution in [2.24, 2.45) is 0 Å². The molecule has 0 fully saturated rings. The van der Waals surface area contributed by atoms with Crippen LogP contribution in [0.15, 0.2) is 0 Å². The highest BCUT2D eigenvalue weighted by molar-refractivity contribution is 5.82. The van der Waals surface area contributed by atoms with Crippen molar-refractivity contribution < 1.29 is 14.3 Å². The average Bonchev–Trinajstić information content (AvgIpc) is 2.27. The van der Waals surface area contributed by atoms with Crippen molar-refractivity contribution in [1.29, 1.82) is 0 Å². The molecule has 1 unspecified atom stereocenters. The fourth-order valence-corrected chi connectivity index (χ4v) is 1.41. The lowest BCUT2D eigenvalue weighted by Gasteiger charge is -2.26. The lowest BCUT2D eigenvalue weighted by molar-refractivity contribution is -0.143. The maximum atomic E-state index is 11.6. The summed E-state index contributed by atoms with van der Waals surface area (Å²) in [5.41, 5.74) is 0. The summed E-state index contributed by atoms with van der Waals surface area (Å²) in [4.78, 5) is 24.6. The van der Waals surface area contributed by atoms with Crippen molar-refractivity contribution in [1.82, 2.24) is 10.2 Å². The van der Waals surface area contributed by atoms with Crippen LogP contribution in [0, 0.1) is 0 Å². The number of likely N-dealkylation sites (N-methyl/N-ethyl adjacent to an activating group) is 1. The molecule has 0 radical (unpaired) electrons. The summed E-state index contributed by atoms with van der Waals surface area (Å²) < 4.78 is 4.60. The maximum Gasteiger partial charge on any atom is 0.319 e. The van der Waals surface area contributed by atoms with Gasteiger partial charge in [0.25, 0.3) is 0 Å². The Kier molecular flexibility index (Phi) is 7.54. The van der Waals surface area contributed by atoms with Crippen LogP contribution in [-0.2, 0) is 14.3 Å². The number of esters is 1. The molecule has 0 bridgehead atoms. The van der Waals surface area contributed by atoms with Gasteiger partial charge in [-0.1, -0.05) is 6.92 Å². The van der Waals surface area contributed by atoms with Crippen molar-refractivity contribution in [2.75, 3.05) is 26.7 Å². The first-order valence-electron chi connectivity index (χ1n) is 5.65. The number of rotatable bonds is 7. The smallest absolute Gasteiger partial charge is 0.319 e. The first-order valence-corrected chi connectivity index (χ1v) is 5.65. The van der Waals surface area contributed by atoms with E-state index in [0.717, 1.165) is 6.42 Å². The number of nitrogens with zero attached hydrogens (tertiary/aromatic N) is 1. The van der Waals surface area contributed by atoms with Gasteiger partial charge in [0, 0.05) is 6.54 Å². The fourth-order valence-electron chi connectivity index (χ4n) is 1.41. The SMILES string of the molecule is CCCN(CC(=O)OC)C(C)C(=O)NCC. The largest absolute Gasteiger partial charge is 0.468 e. The molecule has 0 aromatic heterocycles.